The second kappa shape index (κ2) is 9.61. The SMILES string of the molecule is Cc1ccccc1CNC(=O)CC(N)c1ccc(C(=O)Nc2ccncc2)cc1. The highest BCUT2D eigenvalue weighted by Crippen LogP contribution is 2.16. The van der Waals surface area contributed by atoms with Crippen molar-refractivity contribution in [2.75, 3.05) is 5.32 Å². The molecule has 1 heterocycles. The largest absolute Gasteiger partial charge is 0.352 e. The van der Waals surface area contributed by atoms with Crippen LogP contribution in [0.3, 0.4) is 0 Å². The number of aryl methyl sites for hydroxylation is 1. The van der Waals surface area contributed by atoms with Crippen molar-refractivity contribution < 1.29 is 9.59 Å². The number of carbonyl (C=O) groups is 2. The lowest BCUT2D eigenvalue weighted by Gasteiger charge is -2.13. The molecule has 0 aliphatic heterocycles. The summed E-state index contributed by atoms with van der Waals surface area (Å²) in [6.45, 7) is 2.49. The van der Waals surface area contributed by atoms with Crippen molar-refractivity contribution in [3.63, 3.8) is 0 Å². The highest BCUT2D eigenvalue weighted by atomic mass is 16.2. The molecule has 1 atom stereocenters. The van der Waals surface area contributed by atoms with E-state index in [1.54, 1.807) is 48.8 Å². The van der Waals surface area contributed by atoms with Crippen molar-refractivity contribution in [2.45, 2.75) is 25.9 Å². The van der Waals surface area contributed by atoms with Gasteiger partial charge in [0.1, 0.15) is 0 Å². The van der Waals surface area contributed by atoms with E-state index in [0.29, 0.717) is 17.8 Å². The molecule has 0 bridgehead atoms. The molecule has 6 nitrogen and oxygen atoms in total. The number of nitrogens with zero attached hydrogens (tertiary/aromatic N) is 1. The fourth-order valence-electron chi connectivity index (χ4n) is 2.91. The second-order valence-corrected chi connectivity index (χ2v) is 6.83. The molecule has 0 saturated heterocycles. The van der Waals surface area contributed by atoms with E-state index in [1.165, 1.54) is 0 Å². The molecule has 0 saturated carbocycles. The van der Waals surface area contributed by atoms with Crippen LogP contribution in [0.4, 0.5) is 5.69 Å². The van der Waals surface area contributed by atoms with Crippen LogP contribution in [0.25, 0.3) is 0 Å². The first-order valence-electron chi connectivity index (χ1n) is 9.41. The molecule has 0 aliphatic rings. The van der Waals surface area contributed by atoms with E-state index in [1.807, 2.05) is 31.2 Å². The quantitative estimate of drug-likeness (QED) is 0.578. The summed E-state index contributed by atoms with van der Waals surface area (Å²) in [4.78, 5) is 28.4. The molecule has 0 radical (unpaired) electrons. The summed E-state index contributed by atoms with van der Waals surface area (Å²) in [7, 11) is 0. The lowest BCUT2D eigenvalue weighted by Crippen LogP contribution is -2.27. The molecule has 1 unspecified atom stereocenters. The van der Waals surface area contributed by atoms with Gasteiger partial charge in [0.25, 0.3) is 5.91 Å². The van der Waals surface area contributed by atoms with Crippen molar-refractivity contribution in [3.05, 3.63) is 95.3 Å². The third kappa shape index (κ3) is 5.73. The Hall–Kier alpha value is -3.51. The van der Waals surface area contributed by atoms with Gasteiger partial charge in [0.15, 0.2) is 0 Å². The van der Waals surface area contributed by atoms with E-state index in [4.69, 9.17) is 5.73 Å². The van der Waals surface area contributed by atoms with Gasteiger partial charge in [0.2, 0.25) is 5.91 Å². The zero-order chi connectivity index (χ0) is 20.6. The lowest BCUT2D eigenvalue weighted by molar-refractivity contribution is -0.121. The molecular weight excluding hydrogens is 364 g/mol. The van der Waals surface area contributed by atoms with Crippen molar-refractivity contribution in [3.8, 4) is 0 Å². The molecule has 1 aromatic heterocycles. The molecule has 2 amide bonds. The Morgan fingerprint density at radius 2 is 1.69 bits per heavy atom. The number of hydrogen-bond donors (Lipinski definition) is 3. The third-order valence-corrected chi connectivity index (χ3v) is 4.68. The van der Waals surface area contributed by atoms with Crippen LogP contribution < -0.4 is 16.4 Å². The second-order valence-electron chi connectivity index (χ2n) is 6.83. The number of benzene rings is 2. The molecule has 0 fully saturated rings. The molecule has 2 aromatic carbocycles. The highest BCUT2D eigenvalue weighted by molar-refractivity contribution is 6.04. The first-order valence-corrected chi connectivity index (χ1v) is 9.41. The van der Waals surface area contributed by atoms with Gasteiger partial charge in [0, 0.05) is 42.7 Å². The van der Waals surface area contributed by atoms with Gasteiger partial charge in [-0.25, -0.2) is 0 Å². The summed E-state index contributed by atoms with van der Waals surface area (Å²) in [6.07, 6.45) is 3.40. The summed E-state index contributed by atoms with van der Waals surface area (Å²) in [5, 5.41) is 5.71. The van der Waals surface area contributed by atoms with E-state index >= 15 is 0 Å². The van der Waals surface area contributed by atoms with Crippen LogP contribution in [0.15, 0.2) is 73.1 Å². The first kappa shape index (κ1) is 20.2. The summed E-state index contributed by atoms with van der Waals surface area (Å²) < 4.78 is 0. The summed E-state index contributed by atoms with van der Waals surface area (Å²) in [6, 6.07) is 17.9. The Labute approximate surface area is 170 Å². The highest BCUT2D eigenvalue weighted by Gasteiger charge is 2.13. The number of anilines is 1. The molecule has 29 heavy (non-hydrogen) atoms. The van der Waals surface area contributed by atoms with E-state index in [9.17, 15) is 9.59 Å². The summed E-state index contributed by atoms with van der Waals surface area (Å²) >= 11 is 0. The minimum absolute atomic E-state index is 0.111. The average molecular weight is 388 g/mol. The van der Waals surface area contributed by atoms with Crippen LogP contribution in [0, 0.1) is 6.92 Å². The summed E-state index contributed by atoms with van der Waals surface area (Å²) in [5.41, 5.74) is 10.4. The van der Waals surface area contributed by atoms with E-state index < -0.39 is 6.04 Å². The van der Waals surface area contributed by atoms with E-state index in [0.717, 1.165) is 16.7 Å². The molecule has 6 heteroatoms. The number of pyridine rings is 1. The fraction of sp³-hybridized carbons (Fsp3) is 0.174. The van der Waals surface area contributed by atoms with Crippen LogP contribution in [0.1, 0.15) is 39.5 Å². The minimum atomic E-state index is -0.441. The van der Waals surface area contributed by atoms with Crippen molar-refractivity contribution in [1.82, 2.24) is 10.3 Å². The molecule has 3 rings (SSSR count). The third-order valence-electron chi connectivity index (χ3n) is 4.68. The van der Waals surface area contributed by atoms with Crippen LogP contribution in [0.2, 0.25) is 0 Å². The van der Waals surface area contributed by atoms with Crippen molar-refractivity contribution in [2.24, 2.45) is 5.73 Å². The number of rotatable bonds is 7. The van der Waals surface area contributed by atoms with E-state index in [-0.39, 0.29) is 18.2 Å². The van der Waals surface area contributed by atoms with Gasteiger partial charge in [-0.15, -0.1) is 0 Å². The van der Waals surface area contributed by atoms with Crippen LogP contribution in [0.5, 0.6) is 0 Å². The molecular formula is C23H24N4O2. The van der Waals surface area contributed by atoms with Gasteiger partial charge in [-0.1, -0.05) is 36.4 Å². The predicted molar refractivity (Wildman–Crippen MR) is 113 cm³/mol. The van der Waals surface area contributed by atoms with Crippen LogP contribution in [-0.2, 0) is 11.3 Å². The standard InChI is InChI=1S/C23H24N4O2/c1-16-4-2-3-5-19(16)15-26-22(28)14-21(24)17-6-8-18(9-7-17)23(29)27-20-10-12-25-13-11-20/h2-13,21H,14-15,24H2,1H3,(H,26,28)(H,25,27,29). The lowest BCUT2D eigenvalue weighted by atomic mass is 10.0. The Morgan fingerprint density at radius 1 is 1.00 bits per heavy atom. The predicted octanol–water partition coefficient (Wildman–Crippen LogP) is 3.35. The maximum atomic E-state index is 12.3. The average Bonchev–Trinajstić information content (AvgIpc) is 2.74. The van der Waals surface area contributed by atoms with Gasteiger partial charge >= 0.3 is 0 Å². The zero-order valence-electron chi connectivity index (χ0n) is 16.3. The minimum Gasteiger partial charge on any atom is -0.352 e. The molecule has 4 N–H and O–H groups in total. The molecule has 3 aromatic rings. The van der Waals surface area contributed by atoms with Gasteiger partial charge in [-0.3, -0.25) is 14.6 Å². The fourth-order valence-corrected chi connectivity index (χ4v) is 2.91. The van der Waals surface area contributed by atoms with Crippen LogP contribution in [-0.4, -0.2) is 16.8 Å². The number of nitrogens with one attached hydrogen (secondary N) is 2. The molecule has 0 aliphatic carbocycles. The number of hydrogen-bond acceptors (Lipinski definition) is 4. The van der Waals surface area contributed by atoms with Gasteiger partial charge in [-0.2, -0.15) is 0 Å². The topological polar surface area (TPSA) is 97.1 Å². The van der Waals surface area contributed by atoms with Gasteiger partial charge in [-0.05, 0) is 47.9 Å². The summed E-state index contributed by atoms with van der Waals surface area (Å²) in [5.74, 6) is -0.326. The van der Waals surface area contributed by atoms with Gasteiger partial charge < -0.3 is 16.4 Å². The smallest absolute Gasteiger partial charge is 0.255 e. The zero-order valence-corrected chi connectivity index (χ0v) is 16.3. The molecule has 148 valence electrons. The van der Waals surface area contributed by atoms with E-state index in [2.05, 4.69) is 15.6 Å². The Morgan fingerprint density at radius 3 is 2.38 bits per heavy atom. The Bertz CT molecular complexity index is 972. The monoisotopic (exact) mass is 388 g/mol. The Kier molecular flexibility index (Phi) is 6.71. The molecule has 0 spiro atoms. The van der Waals surface area contributed by atoms with Crippen molar-refractivity contribution in [1.29, 1.82) is 0 Å². The van der Waals surface area contributed by atoms with Crippen molar-refractivity contribution >= 4 is 17.5 Å². The Balaban J connectivity index is 1.53. The number of carbonyl (C=O) groups excluding carboxylic acids is 2. The normalized spacial score (nSPS) is 11.5. The maximum absolute atomic E-state index is 12.3. The van der Waals surface area contributed by atoms with Gasteiger partial charge in [0.05, 0.1) is 0 Å². The number of amides is 2. The number of nitrogens with two attached hydrogens (primary N) is 1. The number of aromatic nitrogens is 1. The maximum Gasteiger partial charge on any atom is 0.255 e. The first-order chi connectivity index (χ1) is 14.0. The van der Waals surface area contributed by atoms with Crippen LogP contribution >= 0.6 is 0 Å².